The van der Waals surface area contributed by atoms with Crippen LogP contribution in [0.15, 0.2) is 35.4 Å². The molecule has 1 aliphatic heterocycles. The fourth-order valence-electron chi connectivity index (χ4n) is 1.60. The number of anilines is 1. The normalized spacial score (nSPS) is 23.0. The van der Waals surface area contributed by atoms with Gasteiger partial charge in [0.25, 0.3) is 0 Å². The van der Waals surface area contributed by atoms with Gasteiger partial charge in [-0.05, 0) is 19.1 Å². The summed E-state index contributed by atoms with van der Waals surface area (Å²) < 4.78 is 31.2. The van der Waals surface area contributed by atoms with E-state index in [1.807, 2.05) is 0 Å². The minimum absolute atomic E-state index is 0. The van der Waals surface area contributed by atoms with Crippen LogP contribution in [0.4, 0.5) is 5.69 Å². The van der Waals surface area contributed by atoms with Gasteiger partial charge >= 0.3 is 50.5 Å². The first-order chi connectivity index (χ1) is 8.28. The SMILES string of the molecule is CC1=NN(c2ccccc2)C(=O)C1(O)S(=O)(=O)O.[H-].[Na+]. The fraction of sp³-hybridized carbons (Fsp3) is 0.200. The Kier molecular flexibility index (Phi) is 4.55. The van der Waals surface area contributed by atoms with Gasteiger partial charge in [-0.25, -0.2) is 0 Å². The Morgan fingerprint density at radius 3 is 2.26 bits per heavy atom. The van der Waals surface area contributed by atoms with Crippen molar-refractivity contribution in [3.05, 3.63) is 30.3 Å². The van der Waals surface area contributed by atoms with Gasteiger partial charge in [0, 0.05) is 0 Å². The van der Waals surface area contributed by atoms with Crippen molar-refractivity contribution in [2.45, 2.75) is 11.9 Å². The zero-order chi connectivity index (χ0) is 13.6. The molecule has 1 heterocycles. The molecular weight excluding hydrogens is 283 g/mol. The van der Waals surface area contributed by atoms with Gasteiger partial charge in [0.15, 0.2) is 0 Å². The van der Waals surface area contributed by atoms with Crippen LogP contribution in [0, 0.1) is 0 Å². The standard InChI is InChI=1S/C10H10N2O5S.Na.H/c1-7-10(14,18(15,16)17)9(13)12(11-7)8-5-3-2-4-6-8;;/h2-6,14H,1H3,(H,15,16,17);;/q;+1;-1. The van der Waals surface area contributed by atoms with Crippen molar-refractivity contribution >= 4 is 27.4 Å². The molecule has 1 aliphatic rings. The van der Waals surface area contributed by atoms with Crippen LogP contribution in [-0.4, -0.2) is 34.6 Å². The number of rotatable bonds is 2. The molecule has 1 aromatic rings. The van der Waals surface area contributed by atoms with Crippen molar-refractivity contribution in [1.29, 1.82) is 0 Å². The molecule has 0 aliphatic carbocycles. The Morgan fingerprint density at radius 2 is 1.84 bits per heavy atom. The van der Waals surface area contributed by atoms with E-state index < -0.39 is 26.7 Å². The molecule has 2 rings (SSSR count). The Bertz CT molecular complexity index is 636. The number of aliphatic hydroxyl groups is 1. The van der Waals surface area contributed by atoms with Crippen molar-refractivity contribution in [3.8, 4) is 0 Å². The maximum Gasteiger partial charge on any atom is 1.00 e. The summed E-state index contributed by atoms with van der Waals surface area (Å²) in [6.07, 6.45) is 0. The van der Waals surface area contributed by atoms with Crippen LogP contribution in [0.1, 0.15) is 8.35 Å². The predicted molar refractivity (Wildman–Crippen MR) is 64.6 cm³/mol. The van der Waals surface area contributed by atoms with Crippen molar-refractivity contribution in [1.82, 2.24) is 0 Å². The van der Waals surface area contributed by atoms with E-state index in [0.717, 1.165) is 11.9 Å². The van der Waals surface area contributed by atoms with Crippen LogP contribution in [0.2, 0.25) is 0 Å². The number of hydrogen-bond acceptors (Lipinski definition) is 5. The Labute approximate surface area is 133 Å². The van der Waals surface area contributed by atoms with Crippen LogP contribution < -0.4 is 34.6 Å². The van der Waals surface area contributed by atoms with E-state index in [4.69, 9.17) is 4.55 Å². The minimum atomic E-state index is -5.01. The van der Waals surface area contributed by atoms with Gasteiger partial charge in [-0.1, -0.05) is 18.2 Å². The molecule has 7 nitrogen and oxygen atoms in total. The second-order valence-corrected chi connectivity index (χ2v) is 5.30. The molecule has 0 saturated heterocycles. The first kappa shape index (κ1) is 16.3. The summed E-state index contributed by atoms with van der Waals surface area (Å²) in [5.41, 5.74) is -0.111. The van der Waals surface area contributed by atoms with Gasteiger partial charge in [0.05, 0.1) is 11.4 Å². The molecule has 0 fully saturated rings. The molecule has 1 amide bonds. The third kappa shape index (κ3) is 2.47. The molecule has 1 atom stereocenters. The molecule has 0 spiro atoms. The van der Waals surface area contributed by atoms with Crippen molar-refractivity contribution < 1.29 is 53.9 Å². The van der Waals surface area contributed by atoms with Crippen LogP contribution >= 0.6 is 0 Å². The molecule has 0 aromatic heterocycles. The van der Waals surface area contributed by atoms with Gasteiger partial charge in [0.2, 0.25) is 0 Å². The maximum atomic E-state index is 11.9. The fourth-order valence-corrected chi connectivity index (χ4v) is 2.32. The first-order valence-corrected chi connectivity index (χ1v) is 6.37. The molecule has 0 radical (unpaired) electrons. The summed E-state index contributed by atoms with van der Waals surface area (Å²) >= 11 is 0. The van der Waals surface area contributed by atoms with Crippen LogP contribution in [0.25, 0.3) is 0 Å². The van der Waals surface area contributed by atoms with Gasteiger partial charge in [-0.2, -0.15) is 18.5 Å². The molecule has 19 heavy (non-hydrogen) atoms. The average molecular weight is 294 g/mol. The molecule has 0 saturated carbocycles. The van der Waals surface area contributed by atoms with Crippen molar-refractivity contribution in [3.63, 3.8) is 0 Å². The summed E-state index contributed by atoms with van der Waals surface area (Å²) in [4.78, 5) is 8.90. The van der Waals surface area contributed by atoms with Crippen LogP contribution in [0.5, 0.6) is 0 Å². The van der Waals surface area contributed by atoms with Gasteiger partial charge in [-0.3, -0.25) is 9.35 Å². The third-order valence-corrected chi connectivity index (χ3v) is 3.81. The van der Waals surface area contributed by atoms with Gasteiger partial charge in [0.1, 0.15) is 0 Å². The number of nitrogens with zero attached hydrogens (tertiary/aromatic N) is 2. The summed E-state index contributed by atoms with van der Waals surface area (Å²) in [5, 5.41) is 14.2. The van der Waals surface area contributed by atoms with Crippen LogP contribution in [0.3, 0.4) is 0 Å². The maximum absolute atomic E-state index is 11.9. The number of para-hydroxylation sites is 1. The van der Waals surface area contributed by atoms with Crippen molar-refractivity contribution in [2.75, 3.05) is 5.01 Å². The molecule has 9 heteroatoms. The third-order valence-electron chi connectivity index (χ3n) is 2.60. The van der Waals surface area contributed by atoms with E-state index in [1.165, 1.54) is 12.1 Å². The molecule has 98 valence electrons. The van der Waals surface area contributed by atoms with Gasteiger partial charge < -0.3 is 6.53 Å². The first-order valence-electron chi connectivity index (χ1n) is 4.93. The summed E-state index contributed by atoms with van der Waals surface area (Å²) in [6.45, 7) is 1.15. The number of amides is 1. The molecule has 2 N–H and O–H groups in total. The molecule has 1 unspecified atom stereocenters. The number of carbonyl (C=O) groups excluding carboxylic acids is 1. The second kappa shape index (κ2) is 5.31. The predicted octanol–water partition coefficient (Wildman–Crippen LogP) is -2.90. The molecule has 1 aromatic carbocycles. The number of hydrogen-bond donors (Lipinski definition) is 2. The quantitative estimate of drug-likeness (QED) is 0.449. The zero-order valence-electron chi connectivity index (χ0n) is 11.3. The van der Waals surface area contributed by atoms with Crippen LogP contribution in [-0.2, 0) is 14.9 Å². The molecular formula is C10H11N2NaO5S. The number of benzene rings is 1. The number of carbonyl (C=O) groups is 1. The zero-order valence-corrected chi connectivity index (χ0v) is 13.1. The van der Waals surface area contributed by atoms with E-state index in [2.05, 4.69) is 5.10 Å². The van der Waals surface area contributed by atoms with E-state index in [0.29, 0.717) is 5.69 Å². The van der Waals surface area contributed by atoms with E-state index in [1.54, 1.807) is 18.2 Å². The van der Waals surface area contributed by atoms with Gasteiger partial charge in [-0.15, -0.1) is 0 Å². The van der Waals surface area contributed by atoms with E-state index in [-0.39, 0.29) is 31.0 Å². The summed E-state index contributed by atoms with van der Waals surface area (Å²) in [6, 6.07) is 7.99. The van der Waals surface area contributed by atoms with E-state index >= 15 is 0 Å². The number of hydrazone groups is 1. The molecule has 0 bridgehead atoms. The minimum Gasteiger partial charge on any atom is -1.00 e. The Hall–Kier alpha value is -0.770. The largest absolute Gasteiger partial charge is 1.00 e. The average Bonchev–Trinajstić information content (AvgIpc) is 2.55. The monoisotopic (exact) mass is 294 g/mol. The van der Waals surface area contributed by atoms with E-state index in [9.17, 15) is 18.3 Å². The Morgan fingerprint density at radius 1 is 1.32 bits per heavy atom. The second-order valence-electron chi connectivity index (χ2n) is 3.76. The Balaban J connectivity index is 0.00000180. The van der Waals surface area contributed by atoms with Crippen molar-refractivity contribution in [2.24, 2.45) is 5.10 Å². The topological polar surface area (TPSA) is 107 Å². The summed E-state index contributed by atoms with van der Waals surface area (Å²) in [5.74, 6) is -1.23. The smallest absolute Gasteiger partial charge is 1.00 e. The summed E-state index contributed by atoms with van der Waals surface area (Å²) in [7, 11) is -5.01.